The molecular weight excluding hydrogens is 246 g/mol. The van der Waals surface area contributed by atoms with Crippen molar-refractivity contribution in [2.45, 2.75) is 20.8 Å². The van der Waals surface area contributed by atoms with Crippen LogP contribution in [0.4, 0.5) is 5.82 Å². The minimum absolute atomic E-state index is 0.160. The quantitative estimate of drug-likeness (QED) is 0.758. The Hall–Kier alpha value is -2.18. The van der Waals surface area contributed by atoms with Crippen LogP contribution in [-0.4, -0.2) is 45.8 Å². The molecule has 0 aliphatic heterocycles. The molecule has 0 saturated heterocycles. The first kappa shape index (κ1) is 13.3. The van der Waals surface area contributed by atoms with Crippen molar-refractivity contribution < 1.29 is 9.53 Å². The lowest BCUT2D eigenvalue weighted by Gasteiger charge is -2.21. The first-order valence-electron chi connectivity index (χ1n) is 6.08. The second kappa shape index (κ2) is 5.21. The van der Waals surface area contributed by atoms with Gasteiger partial charge in [0, 0.05) is 18.3 Å². The minimum Gasteiger partial charge on any atom is -0.465 e. The van der Waals surface area contributed by atoms with E-state index < -0.39 is 0 Å². The maximum Gasteiger partial charge on any atom is 0.325 e. The summed E-state index contributed by atoms with van der Waals surface area (Å²) in [5, 5.41) is 4.14. The van der Waals surface area contributed by atoms with Gasteiger partial charge >= 0.3 is 5.97 Å². The Kier molecular flexibility index (Phi) is 3.64. The lowest BCUT2D eigenvalue weighted by atomic mass is 10.2. The highest BCUT2D eigenvalue weighted by Gasteiger charge is 2.17. The standard InChI is InChI=1S/C12H17N5O2/c1-5-19-10(18)6-16(4)11-8(2)9(3)15-12-13-7-14-17(11)12/h7H,5-6H2,1-4H3. The Labute approximate surface area is 111 Å². The fourth-order valence-corrected chi connectivity index (χ4v) is 1.94. The monoisotopic (exact) mass is 263 g/mol. The fourth-order valence-electron chi connectivity index (χ4n) is 1.94. The maximum atomic E-state index is 11.6. The van der Waals surface area contributed by atoms with Gasteiger partial charge in [-0.25, -0.2) is 4.98 Å². The summed E-state index contributed by atoms with van der Waals surface area (Å²) >= 11 is 0. The number of carbonyl (C=O) groups is 1. The zero-order chi connectivity index (χ0) is 14.0. The van der Waals surface area contributed by atoms with Gasteiger partial charge in [-0.3, -0.25) is 4.79 Å². The average molecular weight is 263 g/mol. The molecule has 7 heteroatoms. The van der Waals surface area contributed by atoms with Gasteiger partial charge in [-0.2, -0.15) is 14.6 Å². The van der Waals surface area contributed by atoms with Gasteiger partial charge in [-0.05, 0) is 20.8 Å². The summed E-state index contributed by atoms with van der Waals surface area (Å²) in [4.78, 5) is 21.8. The molecule has 0 aliphatic carbocycles. The highest BCUT2D eigenvalue weighted by Crippen LogP contribution is 2.20. The van der Waals surface area contributed by atoms with Gasteiger partial charge in [0.25, 0.3) is 5.78 Å². The molecule has 0 fully saturated rings. The van der Waals surface area contributed by atoms with Gasteiger partial charge in [0.1, 0.15) is 18.7 Å². The number of hydrogen-bond acceptors (Lipinski definition) is 6. The number of esters is 1. The smallest absolute Gasteiger partial charge is 0.325 e. The lowest BCUT2D eigenvalue weighted by molar-refractivity contribution is -0.141. The van der Waals surface area contributed by atoms with Crippen LogP contribution in [0.1, 0.15) is 18.2 Å². The zero-order valence-electron chi connectivity index (χ0n) is 11.5. The largest absolute Gasteiger partial charge is 0.465 e. The molecule has 19 heavy (non-hydrogen) atoms. The summed E-state index contributed by atoms with van der Waals surface area (Å²) < 4.78 is 6.58. The molecule has 2 rings (SSSR count). The van der Waals surface area contributed by atoms with Crippen LogP contribution in [0.2, 0.25) is 0 Å². The molecule has 0 radical (unpaired) electrons. The molecule has 0 aromatic carbocycles. The van der Waals surface area contributed by atoms with Crippen molar-refractivity contribution >= 4 is 17.6 Å². The number of fused-ring (bicyclic) bond motifs is 1. The van der Waals surface area contributed by atoms with Crippen molar-refractivity contribution in [3.63, 3.8) is 0 Å². The summed E-state index contributed by atoms with van der Waals surface area (Å²) in [7, 11) is 1.82. The number of likely N-dealkylation sites (N-methyl/N-ethyl adjacent to an activating group) is 1. The topological polar surface area (TPSA) is 72.6 Å². The predicted octanol–water partition coefficient (Wildman–Crippen LogP) is 0.740. The van der Waals surface area contributed by atoms with Crippen LogP contribution in [0.5, 0.6) is 0 Å². The number of hydrogen-bond donors (Lipinski definition) is 0. The molecule has 2 aromatic heterocycles. The predicted molar refractivity (Wildman–Crippen MR) is 70.2 cm³/mol. The summed E-state index contributed by atoms with van der Waals surface area (Å²) in [5.74, 6) is 1.05. The van der Waals surface area contributed by atoms with E-state index in [-0.39, 0.29) is 12.5 Å². The third-order valence-electron chi connectivity index (χ3n) is 2.91. The van der Waals surface area contributed by atoms with E-state index in [0.29, 0.717) is 12.4 Å². The second-order valence-electron chi connectivity index (χ2n) is 4.28. The summed E-state index contributed by atoms with van der Waals surface area (Å²) in [5.41, 5.74) is 1.83. The lowest BCUT2D eigenvalue weighted by Crippen LogP contribution is -2.30. The SMILES string of the molecule is CCOC(=O)CN(C)c1c(C)c(C)nc2ncnn12. The van der Waals surface area contributed by atoms with E-state index >= 15 is 0 Å². The van der Waals surface area contributed by atoms with Crippen molar-refractivity contribution in [3.8, 4) is 0 Å². The molecule has 0 N–H and O–H groups in total. The molecular formula is C12H17N5O2. The van der Waals surface area contributed by atoms with Gasteiger partial charge in [0.2, 0.25) is 0 Å². The Balaban J connectivity index is 2.40. The molecule has 0 saturated carbocycles. The zero-order valence-corrected chi connectivity index (χ0v) is 11.5. The Morgan fingerprint density at radius 3 is 2.89 bits per heavy atom. The van der Waals surface area contributed by atoms with Crippen molar-refractivity contribution in [2.75, 3.05) is 25.1 Å². The Morgan fingerprint density at radius 2 is 2.21 bits per heavy atom. The number of nitrogens with zero attached hydrogens (tertiary/aromatic N) is 5. The van der Waals surface area contributed by atoms with E-state index in [1.165, 1.54) is 6.33 Å². The van der Waals surface area contributed by atoms with Gasteiger partial charge in [0.15, 0.2) is 0 Å². The van der Waals surface area contributed by atoms with Gasteiger partial charge in [-0.15, -0.1) is 0 Å². The fraction of sp³-hybridized carbons (Fsp3) is 0.500. The van der Waals surface area contributed by atoms with Gasteiger partial charge in [-0.1, -0.05) is 0 Å². The maximum absolute atomic E-state index is 11.6. The molecule has 102 valence electrons. The van der Waals surface area contributed by atoms with E-state index in [9.17, 15) is 4.79 Å². The summed E-state index contributed by atoms with van der Waals surface area (Å²) in [6.07, 6.45) is 1.45. The first-order chi connectivity index (χ1) is 9.04. The molecule has 0 spiro atoms. The third-order valence-corrected chi connectivity index (χ3v) is 2.91. The molecule has 2 aromatic rings. The number of aryl methyl sites for hydroxylation is 1. The molecule has 0 unspecified atom stereocenters. The molecule has 7 nitrogen and oxygen atoms in total. The van der Waals surface area contributed by atoms with Crippen molar-refractivity contribution in [2.24, 2.45) is 0 Å². The Bertz CT molecular complexity index is 607. The molecule has 0 amide bonds. The number of anilines is 1. The Morgan fingerprint density at radius 1 is 1.47 bits per heavy atom. The molecule has 0 bridgehead atoms. The summed E-state index contributed by atoms with van der Waals surface area (Å²) in [6, 6.07) is 0. The van der Waals surface area contributed by atoms with Crippen LogP contribution in [0.25, 0.3) is 5.78 Å². The van der Waals surface area contributed by atoms with E-state index in [1.54, 1.807) is 16.3 Å². The number of aromatic nitrogens is 4. The normalized spacial score (nSPS) is 10.7. The minimum atomic E-state index is -0.271. The number of ether oxygens (including phenoxy) is 1. The number of carbonyl (C=O) groups excluding carboxylic acids is 1. The van der Waals surface area contributed by atoms with Crippen LogP contribution < -0.4 is 4.90 Å². The van der Waals surface area contributed by atoms with Crippen LogP contribution in [0, 0.1) is 13.8 Å². The first-order valence-corrected chi connectivity index (χ1v) is 6.08. The average Bonchev–Trinajstić information content (AvgIpc) is 2.77. The highest BCUT2D eigenvalue weighted by atomic mass is 16.5. The van der Waals surface area contributed by atoms with Gasteiger partial charge in [0.05, 0.1) is 6.61 Å². The molecule has 2 heterocycles. The van der Waals surface area contributed by atoms with Crippen molar-refractivity contribution in [3.05, 3.63) is 17.6 Å². The van der Waals surface area contributed by atoms with Crippen LogP contribution in [-0.2, 0) is 9.53 Å². The van der Waals surface area contributed by atoms with Crippen LogP contribution >= 0.6 is 0 Å². The number of rotatable bonds is 4. The van der Waals surface area contributed by atoms with Crippen LogP contribution in [0.15, 0.2) is 6.33 Å². The third kappa shape index (κ3) is 2.49. The van der Waals surface area contributed by atoms with Crippen molar-refractivity contribution in [1.29, 1.82) is 0 Å². The van der Waals surface area contributed by atoms with E-state index in [2.05, 4.69) is 15.1 Å². The molecule has 0 aliphatic rings. The highest BCUT2D eigenvalue weighted by molar-refractivity contribution is 5.75. The van der Waals surface area contributed by atoms with E-state index in [4.69, 9.17) is 4.74 Å². The summed E-state index contributed by atoms with van der Waals surface area (Å²) in [6.45, 7) is 6.17. The second-order valence-corrected chi connectivity index (χ2v) is 4.28. The molecule has 0 atom stereocenters. The van der Waals surface area contributed by atoms with Gasteiger partial charge < -0.3 is 9.64 Å². The van der Waals surface area contributed by atoms with Crippen LogP contribution in [0.3, 0.4) is 0 Å². The van der Waals surface area contributed by atoms with E-state index in [0.717, 1.165) is 17.1 Å². The van der Waals surface area contributed by atoms with Crippen molar-refractivity contribution in [1.82, 2.24) is 19.6 Å². The van der Waals surface area contributed by atoms with E-state index in [1.807, 2.05) is 20.9 Å².